The minimum Gasteiger partial charge on any atom is -0.409 e. The first-order chi connectivity index (χ1) is 9.08. The van der Waals surface area contributed by atoms with Gasteiger partial charge in [-0.25, -0.2) is 0 Å². The third-order valence-corrected chi connectivity index (χ3v) is 3.97. The number of carbonyl (C=O) groups is 1. The number of nitrogens with zero attached hydrogens (tertiary/aromatic N) is 1. The van der Waals surface area contributed by atoms with Crippen molar-refractivity contribution < 1.29 is 10.0 Å². The number of nitrogens with one attached hydrogen (secondary N) is 1. The lowest BCUT2D eigenvalue weighted by Crippen LogP contribution is -2.43. The predicted octanol–water partition coefficient (Wildman–Crippen LogP) is 2.23. The Labute approximate surface area is 115 Å². The number of hydrogen-bond donors (Lipinski definition) is 3. The van der Waals surface area contributed by atoms with Crippen LogP contribution >= 0.6 is 0 Å². The Morgan fingerprint density at radius 1 is 1.42 bits per heavy atom. The van der Waals surface area contributed by atoms with Crippen molar-refractivity contribution in [1.82, 2.24) is 5.32 Å². The largest absolute Gasteiger partial charge is 0.409 e. The molecule has 0 saturated heterocycles. The molecule has 5 nitrogen and oxygen atoms in total. The number of carbonyl (C=O) groups excluding carboxylic acids is 1. The molecule has 1 aliphatic carbocycles. The molecule has 3 atom stereocenters. The summed E-state index contributed by atoms with van der Waals surface area (Å²) in [7, 11) is 0. The standard InChI is InChI=1S/C14H27N3O2/c1-3-5-12(13(15)17-19)14(18)16-11-7-4-6-10(2)8-9-11/h10-12,19H,3-9H2,1-2H3,(H2,15,17)(H,16,18). The predicted molar refractivity (Wildman–Crippen MR) is 76.0 cm³/mol. The van der Waals surface area contributed by atoms with Crippen LogP contribution in [0, 0.1) is 11.8 Å². The third-order valence-electron chi connectivity index (χ3n) is 3.97. The van der Waals surface area contributed by atoms with Gasteiger partial charge in [-0.2, -0.15) is 0 Å². The van der Waals surface area contributed by atoms with Crippen LogP contribution in [-0.2, 0) is 4.79 Å². The highest BCUT2D eigenvalue weighted by atomic mass is 16.4. The van der Waals surface area contributed by atoms with E-state index < -0.39 is 5.92 Å². The van der Waals surface area contributed by atoms with Gasteiger partial charge in [0.1, 0.15) is 0 Å². The molecule has 1 saturated carbocycles. The zero-order valence-electron chi connectivity index (χ0n) is 12.1. The summed E-state index contributed by atoms with van der Waals surface area (Å²) in [6, 6.07) is 0.239. The van der Waals surface area contributed by atoms with Crippen LogP contribution in [0.5, 0.6) is 0 Å². The lowest BCUT2D eigenvalue weighted by atomic mass is 9.99. The monoisotopic (exact) mass is 269 g/mol. The number of amides is 1. The first-order valence-electron chi connectivity index (χ1n) is 7.36. The maximum absolute atomic E-state index is 12.2. The minimum atomic E-state index is -0.504. The Morgan fingerprint density at radius 3 is 2.79 bits per heavy atom. The molecule has 0 radical (unpaired) electrons. The van der Waals surface area contributed by atoms with E-state index in [9.17, 15) is 4.79 Å². The Bertz CT molecular complexity index is 318. The normalized spacial score (nSPS) is 26.5. The van der Waals surface area contributed by atoms with Gasteiger partial charge >= 0.3 is 0 Å². The van der Waals surface area contributed by atoms with Gasteiger partial charge in [-0.15, -0.1) is 0 Å². The molecule has 0 bridgehead atoms. The van der Waals surface area contributed by atoms with Crippen LogP contribution in [0.25, 0.3) is 0 Å². The fourth-order valence-corrected chi connectivity index (χ4v) is 2.70. The van der Waals surface area contributed by atoms with E-state index in [-0.39, 0.29) is 17.8 Å². The van der Waals surface area contributed by atoms with Gasteiger partial charge in [0, 0.05) is 6.04 Å². The van der Waals surface area contributed by atoms with Gasteiger partial charge in [0.15, 0.2) is 5.84 Å². The molecule has 1 amide bonds. The number of rotatable bonds is 5. The lowest BCUT2D eigenvalue weighted by molar-refractivity contribution is -0.124. The van der Waals surface area contributed by atoms with E-state index in [1.54, 1.807) is 0 Å². The molecule has 0 aliphatic heterocycles. The quantitative estimate of drug-likeness (QED) is 0.235. The molecule has 3 unspecified atom stereocenters. The van der Waals surface area contributed by atoms with E-state index in [0.717, 1.165) is 38.0 Å². The highest BCUT2D eigenvalue weighted by molar-refractivity contribution is 6.02. The van der Waals surface area contributed by atoms with Crippen molar-refractivity contribution in [3.05, 3.63) is 0 Å². The van der Waals surface area contributed by atoms with Crippen molar-refractivity contribution in [3.8, 4) is 0 Å². The summed E-state index contributed by atoms with van der Waals surface area (Å²) in [6.07, 6.45) is 7.07. The maximum Gasteiger partial charge on any atom is 0.231 e. The SMILES string of the molecule is CCCC(C(=O)NC1CCCC(C)CC1)C(N)=NO. The van der Waals surface area contributed by atoms with Gasteiger partial charge in [0.05, 0.1) is 5.92 Å². The second kappa shape index (κ2) is 8.02. The van der Waals surface area contributed by atoms with Crippen molar-refractivity contribution in [3.63, 3.8) is 0 Å². The van der Waals surface area contributed by atoms with Gasteiger partial charge in [-0.3, -0.25) is 4.79 Å². The fourth-order valence-electron chi connectivity index (χ4n) is 2.70. The van der Waals surface area contributed by atoms with Crippen LogP contribution in [0.2, 0.25) is 0 Å². The van der Waals surface area contributed by atoms with Crippen LogP contribution in [-0.4, -0.2) is 23.0 Å². The molecular formula is C14H27N3O2. The Kier molecular flexibility index (Phi) is 6.67. The van der Waals surface area contributed by atoms with E-state index in [2.05, 4.69) is 17.4 Å². The minimum absolute atomic E-state index is 0.0151. The summed E-state index contributed by atoms with van der Waals surface area (Å²) >= 11 is 0. The number of nitrogens with two attached hydrogens (primary N) is 1. The summed E-state index contributed by atoms with van der Waals surface area (Å²) in [4.78, 5) is 12.2. The van der Waals surface area contributed by atoms with E-state index >= 15 is 0 Å². The first-order valence-corrected chi connectivity index (χ1v) is 7.36. The van der Waals surface area contributed by atoms with E-state index in [4.69, 9.17) is 10.9 Å². The summed E-state index contributed by atoms with van der Waals surface area (Å²) in [6.45, 7) is 4.25. The third kappa shape index (κ3) is 5.09. The van der Waals surface area contributed by atoms with E-state index in [1.165, 1.54) is 6.42 Å². The molecular weight excluding hydrogens is 242 g/mol. The molecule has 1 aliphatic rings. The maximum atomic E-state index is 12.2. The zero-order chi connectivity index (χ0) is 14.3. The summed E-state index contributed by atoms with van der Waals surface area (Å²) < 4.78 is 0. The molecule has 0 aromatic heterocycles. The molecule has 0 aromatic rings. The smallest absolute Gasteiger partial charge is 0.231 e. The van der Waals surface area contributed by atoms with Gasteiger partial charge in [0.2, 0.25) is 5.91 Å². The van der Waals surface area contributed by atoms with Gasteiger partial charge in [-0.05, 0) is 31.6 Å². The highest BCUT2D eigenvalue weighted by Gasteiger charge is 2.25. The average Bonchev–Trinajstić information content (AvgIpc) is 2.60. The van der Waals surface area contributed by atoms with E-state index in [1.807, 2.05) is 6.92 Å². The second-order valence-corrected chi connectivity index (χ2v) is 5.69. The molecule has 19 heavy (non-hydrogen) atoms. The summed E-state index contributed by atoms with van der Waals surface area (Å²) in [5, 5.41) is 14.8. The Morgan fingerprint density at radius 2 is 2.16 bits per heavy atom. The number of oxime groups is 1. The molecule has 0 aromatic carbocycles. The van der Waals surface area contributed by atoms with Gasteiger partial charge in [-0.1, -0.05) is 38.3 Å². The lowest BCUT2D eigenvalue weighted by Gasteiger charge is -2.20. The average molecular weight is 269 g/mol. The summed E-state index contributed by atoms with van der Waals surface area (Å²) in [5.74, 6) is 0.158. The molecule has 1 rings (SSSR count). The van der Waals surface area contributed by atoms with Gasteiger partial charge < -0.3 is 16.3 Å². The van der Waals surface area contributed by atoms with Crippen LogP contribution in [0.1, 0.15) is 58.8 Å². The van der Waals surface area contributed by atoms with Crippen LogP contribution in [0.15, 0.2) is 5.16 Å². The van der Waals surface area contributed by atoms with Crippen molar-refractivity contribution >= 4 is 11.7 Å². The number of hydrogen-bond acceptors (Lipinski definition) is 3. The highest BCUT2D eigenvalue weighted by Crippen LogP contribution is 2.23. The molecule has 1 fully saturated rings. The number of amidine groups is 1. The van der Waals surface area contributed by atoms with Crippen LogP contribution in [0.4, 0.5) is 0 Å². The molecule has 110 valence electrons. The van der Waals surface area contributed by atoms with Crippen molar-refractivity contribution in [2.45, 2.75) is 64.8 Å². The Hall–Kier alpha value is -1.26. The van der Waals surface area contributed by atoms with Gasteiger partial charge in [0.25, 0.3) is 0 Å². The van der Waals surface area contributed by atoms with Crippen molar-refractivity contribution in [2.24, 2.45) is 22.7 Å². The first kappa shape index (κ1) is 15.8. The van der Waals surface area contributed by atoms with Crippen LogP contribution in [0.3, 0.4) is 0 Å². The van der Waals surface area contributed by atoms with Crippen molar-refractivity contribution in [1.29, 1.82) is 0 Å². The molecule has 5 heteroatoms. The van der Waals surface area contributed by atoms with Crippen molar-refractivity contribution in [2.75, 3.05) is 0 Å². The molecule has 0 heterocycles. The second-order valence-electron chi connectivity index (χ2n) is 5.69. The summed E-state index contributed by atoms with van der Waals surface area (Å²) in [5.41, 5.74) is 5.60. The molecule has 0 spiro atoms. The fraction of sp³-hybridized carbons (Fsp3) is 0.857. The van der Waals surface area contributed by atoms with E-state index in [0.29, 0.717) is 6.42 Å². The zero-order valence-corrected chi connectivity index (χ0v) is 12.1. The van der Waals surface area contributed by atoms with Crippen LogP contribution < -0.4 is 11.1 Å². The topological polar surface area (TPSA) is 87.7 Å². The molecule has 4 N–H and O–H groups in total. The Balaban J connectivity index is 2.55.